The average Bonchev–Trinajstić information content (AvgIpc) is 2.61. The maximum Gasteiger partial charge on any atom is 0.219 e. The minimum absolute atomic E-state index is 0. The van der Waals surface area contributed by atoms with E-state index in [4.69, 9.17) is 15.2 Å². The van der Waals surface area contributed by atoms with Crippen LogP contribution in [0.5, 0.6) is 11.6 Å². The Bertz CT molecular complexity index is 683. The van der Waals surface area contributed by atoms with Gasteiger partial charge in [0.25, 0.3) is 0 Å². The molecule has 0 amide bonds. The van der Waals surface area contributed by atoms with Crippen LogP contribution in [0.2, 0.25) is 0 Å². The minimum Gasteiger partial charge on any atom is -0.439 e. The van der Waals surface area contributed by atoms with Crippen molar-refractivity contribution in [2.45, 2.75) is 19.9 Å². The molecular weight excluding hydrogens is 450 g/mol. The summed E-state index contributed by atoms with van der Waals surface area (Å²) in [5.41, 5.74) is 6.69. The molecule has 8 heteroatoms. The molecule has 0 fully saturated rings. The van der Waals surface area contributed by atoms with Gasteiger partial charge in [-0.25, -0.2) is 14.4 Å². The van der Waals surface area contributed by atoms with Gasteiger partial charge in [0.2, 0.25) is 5.88 Å². The van der Waals surface area contributed by atoms with Crippen LogP contribution in [0.15, 0.2) is 47.6 Å². The molecule has 2 aromatic rings. The third kappa shape index (κ3) is 8.43. The van der Waals surface area contributed by atoms with E-state index in [2.05, 4.69) is 15.3 Å². The van der Waals surface area contributed by atoms with Crippen molar-refractivity contribution in [2.75, 3.05) is 19.8 Å². The highest BCUT2D eigenvalue weighted by Crippen LogP contribution is 2.20. The van der Waals surface area contributed by atoms with Gasteiger partial charge in [0, 0.05) is 38.1 Å². The Balaban J connectivity index is 0.00000338. The Morgan fingerprint density at radius 3 is 2.85 bits per heavy atom. The number of nitrogens with two attached hydrogens (primary N) is 1. The normalized spacial score (nSPS) is 10.9. The molecule has 142 valence electrons. The zero-order chi connectivity index (χ0) is 17.9. The highest BCUT2D eigenvalue weighted by molar-refractivity contribution is 14.0. The lowest BCUT2D eigenvalue weighted by atomic mass is 10.3. The molecule has 1 heterocycles. The van der Waals surface area contributed by atoms with Crippen molar-refractivity contribution in [2.24, 2.45) is 10.7 Å². The molecule has 0 saturated carbocycles. The quantitative estimate of drug-likeness (QED) is 0.252. The number of aromatic nitrogens is 1. The van der Waals surface area contributed by atoms with Gasteiger partial charge in [0.15, 0.2) is 5.96 Å². The number of hydrogen-bond acceptors (Lipinski definition) is 4. The number of guanidine groups is 1. The monoisotopic (exact) mass is 474 g/mol. The summed E-state index contributed by atoms with van der Waals surface area (Å²) in [6, 6.07) is 9.46. The fraction of sp³-hybridized carbons (Fsp3) is 0.333. The minimum atomic E-state index is -0.354. The summed E-state index contributed by atoms with van der Waals surface area (Å²) in [7, 11) is 0. The molecule has 0 saturated heterocycles. The Labute approximate surface area is 170 Å². The first-order chi connectivity index (χ1) is 12.2. The number of benzene rings is 1. The zero-order valence-corrected chi connectivity index (χ0v) is 17.0. The van der Waals surface area contributed by atoms with Gasteiger partial charge in [-0.05, 0) is 31.0 Å². The molecule has 0 radical (unpaired) electrons. The summed E-state index contributed by atoms with van der Waals surface area (Å²) >= 11 is 0. The maximum atomic E-state index is 13.1. The van der Waals surface area contributed by atoms with Crippen LogP contribution in [0.1, 0.15) is 18.9 Å². The van der Waals surface area contributed by atoms with E-state index in [0.29, 0.717) is 37.3 Å². The summed E-state index contributed by atoms with van der Waals surface area (Å²) in [5, 5.41) is 3.03. The van der Waals surface area contributed by atoms with E-state index in [1.807, 2.05) is 13.0 Å². The molecule has 1 aromatic carbocycles. The molecule has 0 aliphatic heterocycles. The highest BCUT2D eigenvalue weighted by Gasteiger charge is 2.01. The summed E-state index contributed by atoms with van der Waals surface area (Å²) < 4.78 is 23.9. The van der Waals surface area contributed by atoms with E-state index in [1.165, 1.54) is 12.1 Å². The number of nitrogens with zero attached hydrogens (tertiary/aromatic N) is 2. The fourth-order valence-electron chi connectivity index (χ4n) is 1.98. The first-order valence-corrected chi connectivity index (χ1v) is 8.17. The van der Waals surface area contributed by atoms with Crippen molar-refractivity contribution in [1.82, 2.24) is 10.3 Å². The van der Waals surface area contributed by atoms with E-state index in [1.54, 1.807) is 24.4 Å². The third-order valence-electron chi connectivity index (χ3n) is 3.22. The summed E-state index contributed by atoms with van der Waals surface area (Å²) in [6.45, 7) is 4.51. The van der Waals surface area contributed by atoms with Gasteiger partial charge in [-0.3, -0.25) is 0 Å². The highest BCUT2D eigenvalue weighted by atomic mass is 127. The molecule has 3 N–H and O–H groups in total. The average molecular weight is 474 g/mol. The SMILES string of the molecule is CCOCCCNC(N)=NCc1ccc(Oc2cccc(F)c2)nc1.I. The van der Waals surface area contributed by atoms with Gasteiger partial charge < -0.3 is 20.5 Å². The molecule has 0 aliphatic carbocycles. The van der Waals surface area contributed by atoms with Crippen LogP contribution < -0.4 is 15.8 Å². The van der Waals surface area contributed by atoms with Gasteiger partial charge >= 0.3 is 0 Å². The molecule has 2 rings (SSSR count). The Kier molecular flexibility index (Phi) is 10.6. The van der Waals surface area contributed by atoms with E-state index < -0.39 is 0 Å². The molecule has 0 unspecified atom stereocenters. The van der Waals surface area contributed by atoms with Crippen molar-refractivity contribution in [1.29, 1.82) is 0 Å². The Hall–Kier alpha value is -1.94. The molecule has 0 atom stereocenters. The van der Waals surface area contributed by atoms with Gasteiger partial charge in [0.1, 0.15) is 11.6 Å². The number of nitrogens with one attached hydrogen (secondary N) is 1. The van der Waals surface area contributed by atoms with Crippen LogP contribution in [0.3, 0.4) is 0 Å². The van der Waals surface area contributed by atoms with Crippen LogP contribution in [0, 0.1) is 5.82 Å². The third-order valence-corrected chi connectivity index (χ3v) is 3.22. The van der Waals surface area contributed by atoms with Gasteiger partial charge in [-0.1, -0.05) is 12.1 Å². The van der Waals surface area contributed by atoms with E-state index in [9.17, 15) is 4.39 Å². The van der Waals surface area contributed by atoms with Crippen molar-refractivity contribution in [3.05, 3.63) is 54.0 Å². The smallest absolute Gasteiger partial charge is 0.219 e. The topological polar surface area (TPSA) is 81.8 Å². The van der Waals surface area contributed by atoms with Crippen LogP contribution in [-0.2, 0) is 11.3 Å². The lowest BCUT2D eigenvalue weighted by Gasteiger charge is -2.06. The van der Waals surface area contributed by atoms with Crippen molar-refractivity contribution in [3.63, 3.8) is 0 Å². The van der Waals surface area contributed by atoms with E-state index >= 15 is 0 Å². The first-order valence-electron chi connectivity index (χ1n) is 8.17. The second kappa shape index (κ2) is 12.4. The van der Waals surface area contributed by atoms with Crippen molar-refractivity contribution >= 4 is 29.9 Å². The maximum absolute atomic E-state index is 13.1. The number of hydrogen-bond donors (Lipinski definition) is 2. The molecule has 0 bridgehead atoms. The largest absolute Gasteiger partial charge is 0.439 e. The number of ether oxygens (including phenoxy) is 2. The summed E-state index contributed by atoms with van der Waals surface area (Å²) in [6.07, 6.45) is 2.53. The second-order valence-electron chi connectivity index (χ2n) is 5.24. The van der Waals surface area contributed by atoms with Crippen molar-refractivity contribution in [3.8, 4) is 11.6 Å². The van der Waals surface area contributed by atoms with Crippen molar-refractivity contribution < 1.29 is 13.9 Å². The molecule has 6 nitrogen and oxygen atoms in total. The number of rotatable bonds is 9. The standard InChI is InChI=1S/C18H23FN4O2.HI/c1-2-24-10-4-9-21-18(20)23-13-14-7-8-17(22-12-14)25-16-6-3-5-15(19)11-16;/h3,5-8,11-12H,2,4,9-10,13H2,1H3,(H3,20,21,23);1H. The first kappa shape index (κ1) is 22.1. The van der Waals surface area contributed by atoms with Crippen LogP contribution in [0.4, 0.5) is 4.39 Å². The van der Waals surface area contributed by atoms with Crippen LogP contribution in [-0.4, -0.2) is 30.7 Å². The second-order valence-corrected chi connectivity index (χ2v) is 5.24. The van der Waals surface area contributed by atoms with Gasteiger partial charge in [0.05, 0.1) is 6.54 Å². The number of pyridine rings is 1. The predicted octanol–water partition coefficient (Wildman–Crippen LogP) is 3.46. The van der Waals surface area contributed by atoms with E-state index in [-0.39, 0.29) is 29.8 Å². The van der Waals surface area contributed by atoms with Gasteiger partial charge in [-0.15, -0.1) is 24.0 Å². The molecular formula is C18H24FIN4O2. The van der Waals surface area contributed by atoms with E-state index in [0.717, 1.165) is 18.6 Å². The van der Waals surface area contributed by atoms with Crippen LogP contribution in [0.25, 0.3) is 0 Å². The predicted molar refractivity (Wildman–Crippen MR) is 111 cm³/mol. The lowest BCUT2D eigenvalue weighted by molar-refractivity contribution is 0.145. The molecule has 1 aromatic heterocycles. The van der Waals surface area contributed by atoms with Crippen LogP contribution >= 0.6 is 24.0 Å². The molecule has 0 spiro atoms. The number of aliphatic imine (C=N–C) groups is 1. The summed E-state index contributed by atoms with van der Waals surface area (Å²) in [4.78, 5) is 8.44. The molecule has 0 aliphatic rings. The fourth-order valence-corrected chi connectivity index (χ4v) is 1.98. The Morgan fingerprint density at radius 1 is 1.31 bits per heavy atom. The van der Waals surface area contributed by atoms with Gasteiger partial charge in [-0.2, -0.15) is 0 Å². The Morgan fingerprint density at radius 2 is 2.15 bits per heavy atom. The zero-order valence-electron chi connectivity index (χ0n) is 14.7. The summed E-state index contributed by atoms with van der Waals surface area (Å²) in [5.74, 6) is 0.823. The lowest BCUT2D eigenvalue weighted by Crippen LogP contribution is -2.32. The molecule has 26 heavy (non-hydrogen) atoms. The number of halogens is 2.